The van der Waals surface area contributed by atoms with E-state index < -0.39 is 0 Å². The maximum absolute atomic E-state index is 12.7. The molecule has 0 spiro atoms. The molecule has 180 valence electrons. The maximum atomic E-state index is 12.7. The second-order valence-electron chi connectivity index (χ2n) is 8.78. The quantitative estimate of drug-likeness (QED) is 0.380. The average molecular weight is 499 g/mol. The second kappa shape index (κ2) is 12.4. The average Bonchev–Trinajstić information content (AvgIpc) is 3.31. The number of hydrogen-bond acceptors (Lipinski definition) is 6. The third-order valence-electron chi connectivity index (χ3n) is 5.94. The summed E-state index contributed by atoms with van der Waals surface area (Å²) in [5.41, 5.74) is 3.47. The highest BCUT2D eigenvalue weighted by molar-refractivity contribution is 7.98. The highest BCUT2D eigenvalue weighted by Crippen LogP contribution is 2.22. The Balaban J connectivity index is 1.16. The molecule has 1 unspecified atom stereocenters. The number of aromatic nitrogens is 2. The zero-order chi connectivity index (χ0) is 23.8. The summed E-state index contributed by atoms with van der Waals surface area (Å²) in [5.74, 6) is 3.30. The van der Waals surface area contributed by atoms with Crippen LogP contribution in [0.15, 0.2) is 53.1 Å². The van der Waals surface area contributed by atoms with E-state index in [1.807, 2.05) is 36.0 Å². The minimum atomic E-state index is 0.00397. The van der Waals surface area contributed by atoms with Crippen LogP contribution in [0.1, 0.15) is 36.3 Å². The summed E-state index contributed by atoms with van der Waals surface area (Å²) in [6.07, 6.45) is 2.88. The van der Waals surface area contributed by atoms with Gasteiger partial charge < -0.3 is 9.84 Å². The molecule has 1 aliphatic rings. The van der Waals surface area contributed by atoms with Crippen molar-refractivity contribution in [3.63, 3.8) is 0 Å². The summed E-state index contributed by atoms with van der Waals surface area (Å²) in [6.45, 7) is 5.02. The summed E-state index contributed by atoms with van der Waals surface area (Å²) in [4.78, 5) is 19.4. The van der Waals surface area contributed by atoms with Crippen molar-refractivity contribution in [2.24, 2.45) is 5.92 Å². The highest BCUT2D eigenvalue weighted by Gasteiger charge is 2.26. The van der Waals surface area contributed by atoms with Crippen LogP contribution in [0.25, 0.3) is 11.4 Å². The van der Waals surface area contributed by atoms with E-state index in [2.05, 4.69) is 51.5 Å². The zero-order valence-corrected chi connectivity index (χ0v) is 21.1. The Bertz CT molecular complexity index is 1070. The van der Waals surface area contributed by atoms with Gasteiger partial charge in [0.25, 0.3) is 0 Å². The molecule has 1 amide bonds. The van der Waals surface area contributed by atoms with Crippen molar-refractivity contribution in [1.82, 2.24) is 20.4 Å². The lowest BCUT2D eigenvalue weighted by Gasteiger charge is -2.30. The number of aryl methyl sites for hydroxylation is 1. The van der Waals surface area contributed by atoms with Crippen molar-refractivity contribution < 1.29 is 9.32 Å². The molecular formula is C26H31ClN4O2S. The van der Waals surface area contributed by atoms with Gasteiger partial charge >= 0.3 is 0 Å². The third kappa shape index (κ3) is 7.32. The summed E-state index contributed by atoms with van der Waals surface area (Å²) >= 11 is 7.97. The summed E-state index contributed by atoms with van der Waals surface area (Å²) in [5, 5.41) is 7.85. The van der Waals surface area contributed by atoms with Crippen LogP contribution in [0, 0.1) is 12.8 Å². The van der Waals surface area contributed by atoms with Crippen molar-refractivity contribution in [2.75, 3.05) is 25.4 Å². The van der Waals surface area contributed by atoms with E-state index in [1.54, 1.807) is 0 Å². The number of carbonyl (C=O) groups excluding carboxylic acids is 1. The summed E-state index contributed by atoms with van der Waals surface area (Å²) in [7, 11) is 0. The predicted octanol–water partition coefficient (Wildman–Crippen LogP) is 5.35. The monoisotopic (exact) mass is 498 g/mol. The first-order valence-corrected chi connectivity index (χ1v) is 13.3. The highest BCUT2D eigenvalue weighted by atomic mass is 35.5. The number of benzene rings is 2. The lowest BCUT2D eigenvalue weighted by atomic mass is 9.97. The molecule has 1 saturated heterocycles. The van der Waals surface area contributed by atoms with E-state index in [4.69, 9.17) is 16.1 Å². The number of thioether (sulfide) groups is 1. The molecule has 4 rings (SSSR count). The minimum absolute atomic E-state index is 0.00397. The number of carbonyl (C=O) groups is 1. The fourth-order valence-corrected chi connectivity index (χ4v) is 5.18. The number of halogens is 1. The molecule has 1 aromatic heterocycles. The lowest BCUT2D eigenvalue weighted by Crippen LogP contribution is -2.43. The van der Waals surface area contributed by atoms with E-state index in [1.165, 1.54) is 11.1 Å². The predicted molar refractivity (Wildman–Crippen MR) is 138 cm³/mol. The number of nitrogens with zero attached hydrogens (tertiary/aromatic N) is 3. The molecule has 8 heteroatoms. The smallest absolute Gasteiger partial charge is 0.241 e. The number of likely N-dealkylation sites (tertiary alicyclic amines) is 1. The Kier molecular flexibility index (Phi) is 9.02. The van der Waals surface area contributed by atoms with Crippen LogP contribution in [0.4, 0.5) is 0 Å². The van der Waals surface area contributed by atoms with Gasteiger partial charge in [-0.25, -0.2) is 0 Å². The molecule has 3 aromatic rings. The van der Waals surface area contributed by atoms with E-state index in [0.29, 0.717) is 29.8 Å². The molecule has 0 saturated carbocycles. The topological polar surface area (TPSA) is 71.3 Å². The zero-order valence-electron chi connectivity index (χ0n) is 19.5. The minimum Gasteiger partial charge on any atom is -0.356 e. The van der Waals surface area contributed by atoms with Gasteiger partial charge in [0, 0.05) is 29.4 Å². The Morgan fingerprint density at radius 3 is 2.94 bits per heavy atom. The molecule has 1 aliphatic heterocycles. The first-order chi connectivity index (χ1) is 16.6. The molecule has 6 nitrogen and oxygen atoms in total. The number of piperidine rings is 1. The van der Waals surface area contributed by atoms with Crippen molar-refractivity contribution in [2.45, 2.75) is 38.5 Å². The van der Waals surface area contributed by atoms with Crippen LogP contribution in [-0.2, 0) is 17.1 Å². The number of nitrogens with one attached hydrogen (secondary N) is 1. The van der Waals surface area contributed by atoms with Gasteiger partial charge in [0.15, 0.2) is 0 Å². The molecule has 1 N–H and O–H groups in total. The van der Waals surface area contributed by atoms with Crippen molar-refractivity contribution in [3.05, 3.63) is 70.6 Å². The normalized spacial score (nSPS) is 16.5. The molecule has 34 heavy (non-hydrogen) atoms. The number of amides is 1. The van der Waals surface area contributed by atoms with E-state index in [0.717, 1.165) is 49.4 Å². The molecule has 0 radical (unpaired) electrons. The maximum Gasteiger partial charge on any atom is 0.241 e. The van der Waals surface area contributed by atoms with E-state index in [-0.39, 0.29) is 11.8 Å². The molecule has 2 heterocycles. The summed E-state index contributed by atoms with van der Waals surface area (Å²) < 4.78 is 5.45. The Labute approximate surface area is 210 Å². The Morgan fingerprint density at radius 2 is 2.12 bits per heavy atom. The Morgan fingerprint density at radius 1 is 1.26 bits per heavy atom. The SMILES string of the molecule is Cc1ccc(CSCCCNC(=O)C2CCCN(Cc3nc(-c4cccc(Cl)c4)no3)C2)cc1. The van der Waals surface area contributed by atoms with Crippen LogP contribution < -0.4 is 5.32 Å². The number of hydrogen-bond donors (Lipinski definition) is 1. The van der Waals surface area contributed by atoms with Gasteiger partial charge in [-0.05, 0) is 56.2 Å². The first-order valence-electron chi connectivity index (χ1n) is 11.8. The van der Waals surface area contributed by atoms with Crippen molar-refractivity contribution in [1.29, 1.82) is 0 Å². The van der Waals surface area contributed by atoms with Crippen LogP contribution in [-0.4, -0.2) is 46.3 Å². The van der Waals surface area contributed by atoms with Crippen LogP contribution in [0.5, 0.6) is 0 Å². The second-order valence-corrected chi connectivity index (χ2v) is 10.3. The standard InChI is InChI=1S/C26H31ClN4O2S/c1-19-8-10-20(11-9-19)18-34-14-4-12-28-26(32)22-6-3-13-31(16-22)17-24-29-25(30-33-24)21-5-2-7-23(27)15-21/h2,5,7-11,15,22H,3-4,6,12-14,16-18H2,1H3,(H,28,32). The molecule has 0 aliphatic carbocycles. The van der Waals surface area contributed by atoms with Gasteiger partial charge in [-0.2, -0.15) is 16.7 Å². The number of rotatable bonds is 10. The summed E-state index contributed by atoms with van der Waals surface area (Å²) in [6, 6.07) is 16.1. The van der Waals surface area contributed by atoms with Crippen LogP contribution >= 0.6 is 23.4 Å². The molecule has 0 bridgehead atoms. The van der Waals surface area contributed by atoms with Gasteiger partial charge in [0.1, 0.15) is 0 Å². The van der Waals surface area contributed by atoms with E-state index >= 15 is 0 Å². The molecule has 1 atom stereocenters. The van der Waals surface area contributed by atoms with E-state index in [9.17, 15) is 4.79 Å². The first kappa shape index (κ1) is 24.8. The van der Waals surface area contributed by atoms with Gasteiger partial charge in [-0.3, -0.25) is 9.69 Å². The molecule has 1 fully saturated rings. The fraction of sp³-hybridized carbons (Fsp3) is 0.423. The largest absolute Gasteiger partial charge is 0.356 e. The lowest BCUT2D eigenvalue weighted by molar-refractivity contribution is -0.126. The Hall–Kier alpha value is -2.35. The van der Waals surface area contributed by atoms with Crippen LogP contribution in [0.2, 0.25) is 5.02 Å². The van der Waals surface area contributed by atoms with Gasteiger partial charge in [-0.15, -0.1) is 0 Å². The van der Waals surface area contributed by atoms with Crippen LogP contribution in [0.3, 0.4) is 0 Å². The van der Waals surface area contributed by atoms with Crippen molar-refractivity contribution in [3.8, 4) is 11.4 Å². The van der Waals surface area contributed by atoms with Gasteiger partial charge in [-0.1, -0.05) is 58.7 Å². The van der Waals surface area contributed by atoms with Gasteiger partial charge in [0.2, 0.25) is 17.6 Å². The van der Waals surface area contributed by atoms with Gasteiger partial charge in [0.05, 0.1) is 12.5 Å². The molecule has 2 aromatic carbocycles. The third-order valence-corrected chi connectivity index (χ3v) is 7.29. The molecular weight excluding hydrogens is 468 g/mol. The fourth-order valence-electron chi connectivity index (χ4n) is 4.07. The van der Waals surface area contributed by atoms with Crippen molar-refractivity contribution >= 4 is 29.3 Å².